The molecule has 1 atom stereocenters. The maximum Gasteiger partial charge on any atom is 0.234 e. The van der Waals surface area contributed by atoms with Crippen molar-refractivity contribution in [1.29, 1.82) is 0 Å². The molecule has 102 valence electrons. The normalized spacial score (nSPS) is 14.6. The van der Waals surface area contributed by atoms with Crippen molar-refractivity contribution in [3.05, 3.63) is 18.2 Å². The summed E-state index contributed by atoms with van der Waals surface area (Å²) in [6.07, 6.45) is 0.575. The molecule has 1 heterocycles. The van der Waals surface area contributed by atoms with Crippen LogP contribution in [0.2, 0.25) is 0 Å². The van der Waals surface area contributed by atoms with Crippen LogP contribution in [0.15, 0.2) is 18.2 Å². The third-order valence-corrected chi connectivity index (χ3v) is 3.16. The molecule has 2 rings (SSSR count). The number of carbonyl (C=O) groups is 1. The summed E-state index contributed by atoms with van der Waals surface area (Å²) in [6.45, 7) is 2.92. The quantitative estimate of drug-likeness (QED) is 0.821. The number of amides is 1. The molecule has 1 unspecified atom stereocenters. The average Bonchev–Trinajstić information content (AvgIpc) is 2.39. The van der Waals surface area contributed by atoms with E-state index in [9.17, 15) is 4.79 Å². The highest BCUT2D eigenvalue weighted by molar-refractivity contribution is 7.80. The number of ether oxygens (including phenoxy) is 2. The van der Waals surface area contributed by atoms with E-state index in [-0.39, 0.29) is 10.9 Å². The number of anilines is 1. The molecule has 0 radical (unpaired) electrons. The van der Waals surface area contributed by atoms with Crippen LogP contribution in [0.3, 0.4) is 0 Å². The number of hydrogen-bond donors (Lipinski definition) is 2. The summed E-state index contributed by atoms with van der Waals surface area (Å²) in [5.74, 6) is 0.660. The van der Waals surface area contributed by atoms with Gasteiger partial charge in [-0.1, -0.05) is 19.1 Å². The minimum atomic E-state index is -0.455. The molecule has 1 aliphatic rings. The molecule has 0 fully saturated rings. The molecule has 1 aromatic carbocycles. The Hall–Kier alpha value is -1.82. The molecule has 1 aliphatic heterocycles. The second kappa shape index (κ2) is 5.88. The van der Waals surface area contributed by atoms with Crippen LogP contribution < -0.4 is 20.5 Å². The Morgan fingerprint density at radius 2 is 2.11 bits per heavy atom. The molecule has 0 saturated heterocycles. The summed E-state index contributed by atoms with van der Waals surface area (Å²) >= 11 is 4.88. The summed E-state index contributed by atoms with van der Waals surface area (Å²) in [7, 11) is 0. The molecular weight excluding hydrogens is 264 g/mol. The van der Waals surface area contributed by atoms with Gasteiger partial charge in [0.1, 0.15) is 13.2 Å². The topological polar surface area (TPSA) is 73.6 Å². The summed E-state index contributed by atoms with van der Waals surface area (Å²) < 4.78 is 10.9. The number of hydrogen-bond acceptors (Lipinski definition) is 4. The first-order chi connectivity index (χ1) is 9.11. The number of nitrogens with one attached hydrogen (secondary N) is 1. The van der Waals surface area contributed by atoms with E-state index in [1.807, 2.05) is 6.92 Å². The molecule has 5 nitrogen and oxygen atoms in total. The highest BCUT2D eigenvalue weighted by Crippen LogP contribution is 2.32. The second-order valence-electron chi connectivity index (χ2n) is 4.21. The first-order valence-corrected chi connectivity index (χ1v) is 6.52. The molecule has 19 heavy (non-hydrogen) atoms. The van der Waals surface area contributed by atoms with E-state index in [2.05, 4.69) is 5.32 Å². The van der Waals surface area contributed by atoms with E-state index < -0.39 is 5.92 Å². The van der Waals surface area contributed by atoms with Gasteiger partial charge in [0.25, 0.3) is 0 Å². The first kappa shape index (κ1) is 13.6. The van der Waals surface area contributed by atoms with Crippen LogP contribution in [-0.4, -0.2) is 24.1 Å². The minimum Gasteiger partial charge on any atom is -0.486 e. The highest BCUT2D eigenvalue weighted by atomic mass is 32.1. The molecule has 3 N–H and O–H groups in total. The molecule has 0 saturated carbocycles. The largest absolute Gasteiger partial charge is 0.486 e. The van der Waals surface area contributed by atoms with Gasteiger partial charge in [0.05, 0.1) is 10.9 Å². The lowest BCUT2D eigenvalue weighted by Crippen LogP contribution is -2.32. The Balaban J connectivity index is 2.11. The lowest BCUT2D eigenvalue weighted by atomic mass is 10.1. The van der Waals surface area contributed by atoms with Crippen molar-refractivity contribution in [2.24, 2.45) is 11.7 Å². The van der Waals surface area contributed by atoms with Crippen molar-refractivity contribution in [2.75, 3.05) is 18.5 Å². The number of nitrogens with two attached hydrogens (primary N) is 1. The minimum absolute atomic E-state index is 0.202. The predicted molar refractivity (Wildman–Crippen MR) is 76.6 cm³/mol. The van der Waals surface area contributed by atoms with Crippen molar-refractivity contribution in [1.82, 2.24) is 0 Å². The standard InChI is InChI=1S/C13H16N2O3S/c1-2-9(12(14)19)13(16)15-8-3-4-10-11(7-8)18-6-5-17-10/h3-4,7,9H,2,5-6H2,1H3,(H2,14,19)(H,15,16). The first-order valence-electron chi connectivity index (χ1n) is 6.11. The molecular formula is C13H16N2O3S. The summed E-state index contributed by atoms with van der Waals surface area (Å²) in [5.41, 5.74) is 6.18. The van der Waals surface area contributed by atoms with Gasteiger partial charge in [-0.05, 0) is 18.6 Å². The van der Waals surface area contributed by atoms with E-state index in [1.165, 1.54) is 0 Å². The van der Waals surface area contributed by atoms with Crippen LogP contribution in [0.25, 0.3) is 0 Å². The maximum atomic E-state index is 12.0. The van der Waals surface area contributed by atoms with Crippen molar-refractivity contribution < 1.29 is 14.3 Å². The fourth-order valence-electron chi connectivity index (χ4n) is 1.87. The van der Waals surface area contributed by atoms with Gasteiger partial charge in [0.2, 0.25) is 5.91 Å². The van der Waals surface area contributed by atoms with E-state index in [0.29, 0.717) is 36.8 Å². The van der Waals surface area contributed by atoms with Gasteiger partial charge in [0, 0.05) is 11.8 Å². The van der Waals surface area contributed by atoms with Crippen LogP contribution in [0, 0.1) is 5.92 Å². The zero-order chi connectivity index (χ0) is 13.8. The second-order valence-corrected chi connectivity index (χ2v) is 4.68. The lowest BCUT2D eigenvalue weighted by molar-refractivity contribution is -0.118. The van der Waals surface area contributed by atoms with E-state index in [4.69, 9.17) is 27.4 Å². The van der Waals surface area contributed by atoms with Crippen molar-refractivity contribution in [3.63, 3.8) is 0 Å². The Morgan fingerprint density at radius 3 is 2.74 bits per heavy atom. The van der Waals surface area contributed by atoms with Gasteiger partial charge in [-0.25, -0.2) is 0 Å². The number of carbonyl (C=O) groups excluding carboxylic acids is 1. The molecule has 0 bridgehead atoms. The Kier molecular flexibility index (Phi) is 4.21. The zero-order valence-corrected chi connectivity index (χ0v) is 11.5. The molecule has 0 aromatic heterocycles. The maximum absolute atomic E-state index is 12.0. The van der Waals surface area contributed by atoms with Gasteiger partial charge in [-0.15, -0.1) is 0 Å². The summed E-state index contributed by atoms with van der Waals surface area (Å²) in [6, 6.07) is 5.27. The zero-order valence-electron chi connectivity index (χ0n) is 10.6. The predicted octanol–water partition coefficient (Wildman–Crippen LogP) is 1.71. The average molecular weight is 280 g/mol. The van der Waals surface area contributed by atoms with Crippen molar-refractivity contribution >= 4 is 28.8 Å². The Labute approximate surface area is 117 Å². The van der Waals surface area contributed by atoms with Crippen LogP contribution >= 0.6 is 12.2 Å². The fourth-order valence-corrected chi connectivity index (χ4v) is 2.14. The van der Waals surface area contributed by atoms with Gasteiger partial charge in [-0.2, -0.15) is 0 Å². The molecule has 1 aromatic rings. The molecule has 6 heteroatoms. The third kappa shape index (κ3) is 3.14. The smallest absolute Gasteiger partial charge is 0.234 e. The fraction of sp³-hybridized carbons (Fsp3) is 0.385. The van der Waals surface area contributed by atoms with Crippen molar-refractivity contribution in [2.45, 2.75) is 13.3 Å². The van der Waals surface area contributed by atoms with E-state index in [1.54, 1.807) is 18.2 Å². The number of fused-ring (bicyclic) bond motifs is 1. The van der Waals surface area contributed by atoms with Gasteiger partial charge in [0.15, 0.2) is 11.5 Å². The summed E-state index contributed by atoms with van der Waals surface area (Å²) in [4.78, 5) is 12.2. The van der Waals surface area contributed by atoms with Gasteiger partial charge >= 0.3 is 0 Å². The molecule has 0 aliphatic carbocycles. The van der Waals surface area contributed by atoms with Crippen LogP contribution in [0.1, 0.15) is 13.3 Å². The summed E-state index contributed by atoms with van der Waals surface area (Å²) in [5, 5.41) is 2.78. The Bertz CT molecular complexity index is 505. The van der Waals surface area contributed by atoms with Gasteiger partial charge < -0.3 is 20.5 Å². The number of thiocarbonyl (C=S) groups is 1. The molecule has 0 spiro atoms. The highest BCUT2D eigenvalue weighted by Gasteiger charge is 2.20. The van der Waals surface area contributed by atoms with Crippen molar-refractivity contribution in [3.8, 4) is 11.5 Å². The SMILES string of the molecule is CCC(C(=O)Nc1ccc2c(c1)OCCO2)C(N)=S. The number of benzene rings is 1. The number of rotatable bonds is 4. The van der Waals surface area contributed by atoms with E-state index >= 15 is 0 Å². The Morgan fingerprint density at radius 1 is 1.42 bits per heavy atom. The van der Waals surface area contributed by atoms with Crippen LogP contribution in [0.4, 0.5) is 5.69 Å². The third-order valence-electron chi connectivity index (χ3n) is 2.88. The van der Waals surface area contributed by atoms with Crippen LogP contribution in [0.5, 0.6) is 11.5 Å². The monoisotopic (exact) mass is 280 g/mol. The van der Waals surface area contributed by atoms with E-state index in [0.717, 1.165) is 0 Å². The lowest BCUT2D eigenvalue weighted by Gasteiger charge is -2.19. The van der Waals surface area contributed by atoms with Crippen LogP contribution in [-0.2, 0) is 4.79 Å². The van der Waals surface area contributed by atoms with Gasteiger partial charge in [-0.3, -0.25) is 4.79 Å². The molecule has 1 amide bonds.